The van der Waals surface area contributed by atoms with E-state index in [9.17, 15) is 4.39 Å². The summed E-state index contributed by atoms with van der Waals surface area (Å²) in [6.45, 7) is 8.28. The monoisotopic (exact) mass is 360 g/mol. The molecule has 0 amide bonds. The lowest BCUT2D eigenvalue weighted by Crippen LogP contribution is -2.38. The van der Waals surface area contributed by atoms with Gasteiger partial charge in [-0.15, -0.1) is 0 Å². The molecule has 0 saturated heterocycles. The van der Waals surface area contributed by atoms with E-state index >= 15 is 0 Å². The fourth-order valence-corrected chi connectivity index (χ4v) is 2.78. The lowest BCUT2D eigenvalue weighted by atomic mass is 9.99. The molecule has 2 aromatic rings. The fraction of sp³-hybridized carbons (Fsp3) is 0.500. The minimum atomic E-state index is -0.212. The normalized spacial score (nSPS) is 11.8. The third-order valence-corrected chi connectivity index (χ3v) is 4.34. The van der Waals surface area contributed by atoms with Gasteiger partial charge in [-0.05, 0) is 43.9 Å². The van der Waals surface area contributed by atoms with Gasteiger partial charge in [0.25, 0.3) is 0 Å². The highest BCUT2D eigenvalue weighted by Crippen LogP contribution is 2.22. The summed E-state index contributed by atoms with van der Waals surface area (Å²) in [5, 5.41) is 10.7. The van der Waals surface area contributed by atoms with E-state index in [-0.39, 0.29) is 5.82 Å². The zero-order valence-electron chi connectivity index (χ0n) is 15.9. The van der Waals surface area contributed by atoms with Gasteiger partial charge in [0.2, 0.25) is 0 Å². The van der Waals surface area contributed by atoms with Gasteiger partial charge in [0, 0.05) is 25.1 Å². The molecule has 0 unspecified atom stereocenters. The molecule has 0 aliphatic heterocycles. The van der Waals surface area contributed by atoms with Crippen LogP contribution in [0.3, 0.4) is 0 Å². The van der Waals surface area contributed by atoms with E-state index in [0.717, 1.165) is 48.8 Å². The molecule has 0 radical (unpaired) electrons. The van der Waals surface area contributed by atoms with Gasteiger partial charge in [-0.2, -0.15) is 0 Å². The van der Waals surface area contributed by atoms with E-state index in [0.29, 0.717) is 19.0 Å². The fourth-order valence-electron chi connectivity index (χ4n) is 2.78. The Kier molecular flexibility index (Phi) is 8.12. The van der Waals surface area contributed by atoms with Crippen LogP contribution in [0.5, 0.6) is 0 Å². The van der Waals surface area contributed by atoms with Gasteiger partial charge in [-0.25, -0.2) is 9.38 Å². The number of guanidine groups is 1. The number of nitrogens with one attached hydrogen (secondary N) is 2. The van der Waals surface area contributed by atoms with Gasteiger partial charge < -0.3 is 15.2 Å². The van der Waals surface area contributed by atoms with Crippen LogP contribution < -0.4 is 10.6 Å². The van der Waals surface area contributed by atoms with Crippen molar-refractivity contribution in [2.75, 3.05) is 13.1 Å². The van der Waals surface area contributed by atoms with Gasteiger partial charge in [-0.3, -0.25) is 0 Å². The number of nitrogens with zero attached hydrogens (tertiary/aromatic N) is 2. The van der Waals surface area contributed by atoms with Crippen LogP contribution in [0, 0.1) is 5.82 Å². The summed E-state index contributed by atoms with van der Waals surface area (Å²) in [6, 6.07) is 8.57. The van der Waals surface area contributed by atoms with Crippen molar-refractivity contribution in [3.63, 3.8) is 0 Å². The van der Waals surface area contributed by atoms with Crippen molar-refractivity contribution < 1.29 is 8.91 Å². The van der Waals surface area contributed by atoms with Crippen molar-refractivity contribution in [2.45, 2.75) is 52.5 Å². The molecule has 0 spiro atoms. The van der Waals surface area contributed by atoms with Crippen molar-refractivity contribution in [1.29, 1.82) is 0 Å². The number of hydrogen-bond acceptors (Lipinski definition) is 3. The first-order chi connectivity index (χ1) is 12.7. The van der Waals surface area contributed by atoms with Crippen LogP contribution >= 0.6 is 0 Å². The molecule has 0 fully saturated rings. The largest absolute Gasteiger partial charge is 0.359 e. The second-order valence-corrected chi connectivity index (χ2v) is 6.23. The van der Waals surface area contributed by atoms with Crippen LogP contribution in [-0.2, 0) is 13.0 Å². The topological polar surface area (TPSA) is 62.5 Å². The van der Waals surface area contributed by atoms with Crippen molar-refractivity contribution in [1.82, 2.24) is 15.8 Å². The smallest absolute Gasteiger partial charge is 0.191 e. The molecule has 0 atom stereocenters. The Morgan fingerprint density at radius 2 is 1.88 bits per heavy atom. The molecule has 142 valence electrons. The first kappa shape index (κ1) is 19.9. The summed E-state index contributed by atoms with van der Waals surface area (Å²) in [5.74, 6) is 1.73. The van der Waals surface area contributed by atoms with Gasteiger partial charge in [0.05, 0.1) is 5.69 Å². The Hall–Kier alpha value is -2.37. The van der Waals surface area contributed by atoms with Crippen LogP contribution in [0.25, 0.3) is 0 Å². The summed E-state index contributed by atoms with van der Waals surface area (Å²) in [7, 11) is 0. The molecule has 0 aliphatic rings. The summed E-state index contributed by atoms with van der Waals surface area (Å²) < 4.78 is 18.4. The summed E-state index contributed by atoms with van der Waals surface area (Å²) >= 11 is 0. The maximum absolute atomic E-state index is 12.9. The molecular formula is C20H29FN4O. The van der Waals surface area contributed by atoms with Crippen LogP contribution in [-0.4, -0.2) is 24.2 Å². The summed E-state index contributed by atoms with van der Waals surface area (Å²) in [4.78, 5) is 4.55. The number of rotatable bonds is 9. The molecular weight excluding hydrogens is 331 g/mol. The quantitative estimate of drug-likeness (QED) is 0.524. The maximum Gasteiger partial charge on any atom is 0.191 e. The number of aromatic nitrogens is 1. The molecule has 0 aliphatic carbocycles. The van der Waals surface area contributed by atoms with Crippen molar-refractivity contribution >= 4 is 5.96 Å². The van der Waals surface area contributed by atoms with Gasteiger partial charge in [0.15, 0.2) is 11.7 Å². The zero-order valence-corrected chi connectivity index (χ0v) is 15.9. The highest BCUT2D eigenvalue weighted by molar-refractivity contribution is 5.79. The minimum absolute atomic E-state index is 0.212. The lowest BCUT2D eigenvalue weighted by Gasteiger charge is -2.10. The molecule has 5 nitrogen and oxygen atoms in total. The summed E-state index contributed by atoms with van der Waals surface area (Å²) in [5.41, 5.74) is 2.09. The summed E-state index contributed by atoms with van der Waals surface area (Å²) in [6.07, 6.45) is 2.91. The molecule has 6 heteroatoms. The van der Waals surface area contributed by atoms with Crippen LogP contribution in [0.2, 0.25) is 0 Å². The second kappa shape index (κ2) is 10.6. The molecule has 2 N–H and O–H groups in total. The van der Waals surface area contributed by atoms with Crippen molar-refractivity contribution in [3.8, 4) is 0 Å². The predicted molar refractivity (Wildman–Crippen MR) is 103 cm³/mol. The maximum atomic E-state index is 12.9. The Morgan fingerprint density at radius 3 is 2.54 bits per heavy atom. The molecule has 0 saturated carbocycles. The van der Waals surface area contributed by atoms with Crippen LogP contribution in [0.4, 0.5) is 4.39 Å². The molecule has 1 aromatic heterocycles. The Labute approximate surface area is 155 Å². The van der Waals surface area contributed by atoms with E-state index in [4.69, 9.17) is 4.52 Å². The third-order valence-electron chi connectivity index (χ3n) is 4.34. The molecule has 1 heterocycles. The molecule has 2 rings (SSSR count). The average Bonchev–Trinajstić information content (AvgIpc) is 3.11. The van der Waals surface area contributed by atoms with E-state index in [1.54, 1.807) is 12.1 Å². The zero-order chi connectivity index (χ0) is 18.8. The number of hydrogen-bond donors (Lipinski definition) is 2. The SMILES string of the molecule is CCNC(=NCc1cc(C(CC)CC)no1)NCCc1ccc(F)cc1. The van der Waals surface area contributed by atoms with Gasteiger partial charge in [0.1, 0.15) is 12.4 Å². The van der Waals surface area contributed by atoms with E-state index in [1.807, 2.05) is 13.0 Å². The Balaban J connectivity index is 1.88. The minimum Gasteiger partial charge on any atom is -0.359 e. The number of aliphatic imine (C=N–C) groups is 1. The second-order valence-electron chi connectivity index (χ2n) is 6.23. The number of benzene rings is 1. The Morgan fingerprint density at radius 1 is 1.15 bits per heavy atom. The molecule has 0 bridgehead atoms. The average molecular weight is 360 g/mol. The first-order valence-electron chi connectivity index (χ1n) is 9.38. The van der Waals surface area contributed by atoms with Gasteiger partial charge in [-0.1, -0.05) is 31.1 Å². The molecule has 26 heavy (non-hydrogen) atoms. The molecule has 1 aromatic carbocycles. The van der Waals surface area contributed by atoms with E-state index < -0.39 is 0 Å². The van der Waals surface area contributed by atoms with Crippen molar-refractivity contribution in [2.24, 2.45) is 4.99 Å². The van der Waals surface area contributed by atoms with Crippen molar-refractivity contribution in [3.05, 3.63) is 53.2 Å². The van der Waals surface area contributed by atoms with E-state index in [1.165, 1.54) is 12.1 Å². The van der Waals surface area contributed by atoms with Gasteiger partial charge >= 0.3 is 0 Å². The highest BCUT2D eigenvalue weighted by Gasteiger charge is 2.12. The first-order valence-corrected chi connectivity index (χ1v) is 9.38. The standard InChI is InChI=1S/C20H29FN4O/c1-4-16(5-2)19-13-18(26-25-19)14-24-20(22-6-3)23-12-11-15-7-9-17(21)10-8-15/h7-10,13,16H,4-6,11-12,14H2,1-3H3,(H2,22,23,24). The van der Waals surface area contributed by atoms with E-state index in [2.05, 4.69) is 34.6 Å². The highest BCUT2D eigenvalue weighted by atomic mass is 19.1. The van der Waals surface area contributed by atoms with Crippen LogP contribution in [0.1, 0.15) is 56.5 Å². The third kappa shape index (κ3) is 6.17. The number of halogens is 1. The van der Waals surface area contributed by atoms with Crippen LogP contribution in [0.15, 0.2) is 39.8 Å². The lowest BCUT2D eigenvalue weighted by molar-refractivity contribution is 0.372. The Bertz CT molecular complexity index is 677. The predicted octanol–water partition coefficient (Wildman–Crippen LogP) is 4.02.